The van der Waals surface area contributed by atoms with Crippen molar-refractivity contribution in [3.8, 4) is 5.75 Å². The molecule has 1 atom stereocenters. The number of thiazole rings is 1. The van der Waals surface area contributed by atoms with Gasteiger partial charge in [0.1, 0.15) is 5.75 Å². The number of imide groups is 1. The summed E-state index contributed by atoms with van der Waals surface area (Å²) in [5, 5.41) is 0.440. The van der Waals surface area contributed by atoms with Crippen LogP contribution in [-0.4, -0.2) is 23.9 Å². The second-order valence-electron chi connectivity index (χ2n) is 6.49. The predicted molar refractivity (Wildman–Crippen MR) is 102 cm³/mol. The molecule has 0 spiro atoms. The molecule has 1 aromatic heterocycles. The van der Waals surface area contributed by atoms with Crippen LogP contribution in [0.3, 0.4) is 0 Å². The maximum absolute atomic E-state index is 12.9. The molecule has 3 aromatic rings. The first kappa shape index (κ1) is 16.7. The minimum Gasteiger partial charge on any atom is -0.497 e. The molecule has 1 saturated heterocycles. The van der Waals surface area contributed by atoms with Crippen LogP contribution >= 0.6 is 11.3 Å². The predicted octanol–water partition coefficient (Wildman–Crippen LogP) is 3.74. The van der Waals surface area contributed by atoms with Gasteiger partial charge in [0.05, 0.1) is 23.2 Å². The third kappa shape index (κ3) is 2.97. The van der Waals surface area contributed by atoms with Crippen LogP contribution in [-0.2, 0) is 16.0 Å². The van der Waals surface area contributed by atoms with Gasteiger partial charge in [0.25, 0.3) is 0 Å². The Bertz CT molecular complexity index is 1010. The third-order valence-corrected chi connectivity index (χ3v) is 5.60. The Morgan fingerprint density at radius 2 is 2.08 bits per heavy atom. The second-order valence-corrected chi connectivity index (χ2v) is 7.50. The highest BCUT2D eigenvalue weighted by atomic mass is 32.1. The highest BCUT2D eigenvalue weighted by Crippen LogP contribution is 2.35. The maximum Gasteiger partial charge on any atom is 0.239 e. The molecular formula is C20H18N2O3S. The van der Waals surface area contributed by atoms with E-state index in [4.69, 9.17) is 4.74 Å². The number of nitrogens with zero attached hydrogens (tertiary/aromatic N) is 2. The first-order chi connectivity index (χ1) is 12.5. The number of anilines is 1. The van der Waals surface area contributed by atoms with Crippen molar-refractivity contribution in [1.29, 1.82) is 0 Å². The van der Waals surface area contributed by atoms with Crippen molar-refractivity contribution < 1.29 is 14.3 Å². The second kappa shape index (κ2) is 6.53. The van der Waals surface area contributed by atoms with Crippen molar-refractivity contribution in [1.82, 2.24) is 4.98 Å². The Hall–Kier alpha value is -2.73. The van der Waals surface area contributed by atoms with Gasteiger partial charge in [0.2, 0.25) is 11.8 Å². The summed E-state index contributed by atoms with van der Waals surface area (Å²) in [5.74, 6) is 0.0257. The fourth-order valence-electron chi connectivity index (χ4n) is 3.30. The van der Waals surface area contributed by atoms with Crippen molar-refractivity contribution in [2.24, 2.45) is 5.92 Å². The molecule has 0 N–H and O–H groups in total. The molecule has 2 heterocycles. The zero-order chi connectivity index (χ0) is 18.3. The van der Waals surface area contributed by atoms with Crippen LogP contribution in [0.5, 0.6) is 5.75 Å². The van der Waals surface area contributed by atoms with Crippen LogP contribution in [0.1, 0.15) is 17.5 Å². The normalized spacial score (nSPS) is 17.3. The molecule has 4 rings (SSSR count). The number of methoxy groups -OCH3 is 1. The van der Waals surface area contributed by atoms with Gasteiger partial charge in [-0.25, -0.2) is 9.88 Å². The molecule has 0 unspecified atom stereocenters. The molecule has 132 valence electrons. The fraction of sp³-hybridized carbons (Fsp3) is 0.250. The summed E-state index contributed by atoms with van der Waals surface area (Å²) in [5.41, 5.74) is 2.95. The summed E-state index contributed by atoms with van der Waals surface area (Å²) in [4.78, 5) is 31.1. The van der Waals surface area contributed by atoms with E-state index in [1.54, 1.807) is 7.11 Å². The number of amides is 2. The number of aromatic nitrogens is 1. The molecule has 1 fully saturated rings. The number of hydrogen-bond acceptors (Lipinski definition) is 5. The summed E-state index contributed by atoms with van der Waals surface area (Å²) in [6, 6.07) is 13.6. The van der Waals surface area contributed by atoms with E-state index >= 15 is 0 Å². The number of carbonyl (C=O) groups excluding carboxylic acids is 2. The number of benzene rings is 2. The Morgan fingerprint density at radius 1 is 1.23 bits per heavy atom. The van der Waals surface area contributed by atoms with E-state index in [-0.39, 0.29) is 24.2 Å². The highest BCUT2D eigenvalue weighted by Gasteiger charge is 2.40. The van der Waals surface area contributed by atoms with Gasteiger partial charge in [-0.2, -0.15) is 0 Å². The zero-order valence-corrected chi connectivity index (χ0v) is 15.4. The lowest BCUT2D eigenvalue weighted by Gasteiger charge is -2.11. The van der Waals surface area contributed by atoms with Crippen LogP contribution in [0.15, 0.2) is 42.5 Å². The van der Waals surface area contributed by atoms with Gasteiger partial charge in [0, 0.05) is 12.5 Å². The summed E-state index contributed by atoms with van der Waals surface area (Å²) in [6.07, 6.45) is 0.799. The topological polar surface area (TPSA) is 59.5 Å². The smallest absolute Gasteiger partial charge is 0.239 e. The monoisotopic (exact) mass is 366 g/mol. The molecule has 2 aromatic carbocycles. The van der Waals surface area contributed by atoms with Crippen LogP contribution in [0.25, 0.3) is 10.2 Å². The van der Waals surface area contributed by atoms with Gasteiger partial charge >= 0.3 is 0 Å². The average Bonchev–Trinajstić information content (AvgIpc) is 3.14. The lowest BCUT2D eigenvalue weighted by Crippen LogP contribution is -2.30. The van der Waals surface area contributed by atoms with Gasteiger partial charge in [-0.1, -0.05) is 41.2 Å². The SMILES string of the molecule is COc1ccc2sc(N3C(=O)C[C@@H](Cc4cccc(C)c4)C3=O)nc2c1. The van der Waals surface area contributed by atoms with Crippen molar-refractivity contribution in [2.75, 3.05) is 12.0 Å². The third-order valence-electron chi connectivity index (χ3n) is 4.58. The molecule has 2 amide bonds. The lowest BCUT2D eigenvalue weighted by molar-refractivity contribution is -0.122. The Morgan fingerprint density at radius 3 is 2.85 bits per heavy atom. The zero-order valence-electron chi connectivity index (χ0n) is 14.6. The number of carbonyl (C=O) groups is 2. The number of rotatable bonds is 4. The molecule has 0 saturated carbocycles. The van der Waals surface area contributed by atoms with Crippen molar-refractivity contribution in [3.63, 3.8) is 0 Å². The first-order valence-electron chi connectivity index (χ1n) is 8.42. The Balaban J connectivity index is 1.61. The van der Waals surface area contributed by atoms with E-state index in [1.165, 1.54) is 16.2 Å². The van der Waals surface area contributed by atoms with Gasteiger partial charge < -0.3 is 4.74 Å². The van der Waals surface area contributed by atoms with E-state index in [1.807, 2.05) is 43.3 Å². The van der Waals surface area contributed by atoms with Crippen LogP contribution in [0, 0.1) is 12.8 Å². The molecule has 6 heteroatoms. The minimum atomic E-state index is -0.328. The molecule has 0 bridgehead atoms. The fourth-order valence-corrected chi connectivity index (χ4v) is 4.27. The molecule has 1 aliphatic heterocycles. The molecule has 5 nitrogen and oxygen atoms in total. The summed E-state index contributed by atoms with van der Waals surface area (Å²) < 4.78 is 6.13. The van der Waals surface area contributed by atoms with Crippen LogP contribution < -0.4 is 9.64 Å². The van der Waals surface area contributed by atoms with E-state index in [9.17, 15) is 9.59 Å². The number of ether oxygens (including phenoxy) is 1. The van der Waals surface area contributed by atoms with Crippen molar-refractivity contribution in [2.45, 2.75) is 19.8 Å². The maximum atomic E-state index is 12.9. The van der Waals surface area contributed by atoms with Gasteiger partial charge in [-0.15, -0.1) is 0 Å². The number of aryl methyl sites for hydroxylation is 1. The molecular weight excluding hydrogens is 348 g/mol. The molecule has 1 aliphatic rings. The quantitative estimate of drug-likeness (QED) is 0.660. The number of hydrogen-bond donors (Lipinski definition) is 0. The molecule has 0 radical (unpaired) electrons. The van der Waals surface area contributed by atoms with Crippen LogP contribution in [0.4, 0.5) is 5.13 Å². The van der Waals surface area contributed by atoms with Crippen molar-refractivity contribution in [3.05, 3.63) is 53.6 Å². The Kier molecular flexibility index (Phi) is 4.20. The molecule has 0 aliphatic carbocycles. The van der Waals surface area contributed by atoms with Crippen molar-refractivity contribution >= 4 is 38.5 Å². The molecule has 26 heavy (non-hydrogen) atoms. The van der Waals surface area contributed by atoms with E-state index in [0.29, 0.717) is 17.3 Å². The van der Waals surface area contributed by atoms with Gasteiger partial charge in [-0.3, -0.25) is 9.59 Å². The van der Waals surface area contributed by atoms with E-state index in [0.717, 1.165) is 21.3 Å². The van der Waals surface area contributed by atoms with E-state index < -0.39 is 0 Å². The summed E-state index contributed by atoms with van der Waals surface area (Å²) in [6.45, 7) is 2.02. The van der Waals surface area contributed by atoms with Crippen LogP contribution in [0.2, 0.25) is 0 Å². The summed E-state index contributed by atoms with van der Waals surface area (Å²) >= 11 is 1.35. The minimum absolute atomic E-state index is 0.164. The largest absolute Gasteiger partial charge is 0.497 e. The first-order valence-corrected chi connectivity index (χ1v) is 9.24. The van der Waals surface area contributed by atoms with Gasteiger partial charge in [-0.05, 0) is 31.0 Å². The Labute approximate surface area is 155 Å². The van der Waals surface area contributed by atoms with E-state index in [2.05, 4.69) is 11.1 Å². The standard InChI is InChI=1S/C20H18N2O3S/c1-12-4-3-5-13(8-12)9-14-10-18(23)22(19(14)24)20-21-16-11-15(25-2)6-7-17(16)26-20/h3-8,11,14H,9-10H2,1-2H3/t14-/m1/s1. The highest BCUT2D eigenvalue weighted by molar-refractivity contribution is 7.22. The van der Waals surface area contributed by atoms with Gasteiger partial charge in [0.15, 0.2) is 5.13 Å². The average molecular weight is 366 g/mol. The lowest BCUT2D eigenvalue weighted by atomic mass is 9.97. The number of fused-ring (bicyclic) bond motifs is 1. The summed E-state index contributed by atoms with van der Waals surface area (Å²) in [7, 11) is 1.60.